The first-order chi connectivity index (χ1) is 10.2. The van der Waals surface area contributed by atoms with E-state index in [-0.39, 0.29) is 23.9 Å². The minimum absolute atomic E-state index is 0.0693. The number of ether oxygens (including phenoxy) is 1. The summed E-state index contributed by atoms with van der Waals surface area (Å²) in [5, 5.41) is 9.41. The summed E-state index contributed by atoms with van der Waals surface area (Å²) in [6.45, 7) is 11.1. The highest BCUT2D eigenvalue weighted by molar-refractivity contribution is 5.69. The first-order valence-corrected chi connectivity index (χ1v) is 7.72. The molecule has 2 rings (SSSR count). The molecule has 1 heterocycles. The number of anilines is 1. The van der Waals surface area contributed by atoms with Crippen LogP contribution in [0, 0.1) is 0 Å². The van der Waals surface area contributed by atoms with Crippen molar-refractivity contribution in [3.05, 3.63) is 24.3 Å². The van der Waals surface area contributed by atoms with Crippen molar-refractivity contribution in [2.24, 2.45) is 0 Å². The lowest BCUT2D eigenvalue weighted by molar-refractivity contribution is 0.0130. The number of phenolic OH excluding ortho intramolecular Hbond substituents is 1. The molecular formula is C17H26N2O3. The van der Waals surface area contributed by atoms with Crippen LogP contribution in [0.4, 0.5) is 10.5 Å². The molecule has 2 atom stereocenters. The lowest BCUT2D eigenvalue weighted by Crippen LogP contribution is -2.58. The monoisotopic (exact) mass is 306 g/mol. The van der Waals surface area contributed by atoms with E-state index in [9.17, 15) is 9.90 Å². The Balaban J connectivity index is 2.08. The Morgan fingerprint density at radius 3 is 2.27 bits per heavy atom. The van der Waals surface area contributed by atoms with Crippen molar-refractivity contribution >= 4 is 11.8 Å². The SMILES string of the molecule is C[C@H]1CN(c2ccc(O)cc2)[C@@H](C)CN1C(=O)OC(C)(C)C. The van der Waals surface area contributed by atoms with Gasteiger partial charge in [-0.05, 0) is 58.9 Å². The van der Waals surface area contributed by atoms with E-state index in [1.807, 2.05) is 39.8 Å². The third-order valence-electron chi connectivity index (χ3n) is 3.80. The van der Waals surface area contributed by atoms with Crippen LogP contribution in [0.5, 0.6) is 5.75 Å². The molecule has 0 bridgehead atoms. The molecule has 0 spiro atoms. The molecule has 1 amide bonds. The number of carbonyl (C=O) groups is 1. The Kier molecular flexibility index (Phi) is 4.54. The van der Waals surface area contributed by atoms with Crippen molar-refractivity contribution < 1.29 is 14.6 Å². The molecule has 0 unspecified atom stereocenters. The highest BCUT2D eigenvalue weighted by Crippen LogP contribution is 2.26. The van der Waals surface area contributed by atoms with Crippen LogP contribution in [-0.4, -0.2) is 46.9 Å². The topological polar surface area (TPSA) is 53.0 Å². The van der Waals surface area contributed by atoms with Gasteiger partial charge in [0, 0.05) is 30.9 Å². The summed E-state index contributed by atoms with van der Waals surface area (Å²) in [6.07, 6.45) is -0.253. The molecule has 1 aliphatic rings. The van der Waals surface area contributed by atoms with E-state index in [2.05, 4.69) is 11.8 Å². The quantitative estimate of drug-likeness (QED) is 0.865. The Morgan fingerprint density at radius 2 is 1.73 bits per heavy atom. The van der Waals surface area contributed by atoms with Gasteiger partial charge in [-0.1, -0.05) is 0 Å². The molecule has 1 aliphatic heterocycles. The summed E-state index contributed by atoms with van der Waals surface area (Å²) in [5.74, 6) is 0.261. The van der Waals surface area contributed by atoms with E-state index >= 15 is 0 Å². The second kappa shape index (κ2) is 6.07. The largest absolute Gasteiger partial charge is 0.508 e. The van der Waals surface area contributed by atoms with Crippen LogP contribution in [0.15, 0.2) is 24.3 Å². The minimum atomic E-state index is -0.478. The van der Waals surface area contributed by atoms with Crippen LogP contribution in [-0.2, 0) is 4.74 Å². The van der Waals surface area contributed by atoms with Crippen molar-refractivity contribution in [3.63, 3.8) is 0 Å². The average Bonchev–Trinajstić information content (AvgIpc) is 2.40. The summed E-state index contributed by atoms with van der Waals surface area (Å²) in [4.78, 5) is 16.4. The van der Waals surface area contributed by atoms with E-state index in [1.165, 1.54) is 0 Å². The molecule has 5 heteroatoms. The second-order valence-corrected chi connectivity index (χ2v) is 7.00. The lowest BCUT2D eigenvalue weighted by atomic mass is 10.1. The molecule has 1 aromatic carbocycles. The molecule has 0 aromatic heterocycles. The fourth-order valence-corrected chi connectivity index (χ4v) is 2.71. The summed E-state index contributed by atoms with van der Waals surface area (Å²) in [7, 11) is 0. The molecule has 22 heavy (non-hydrogen) atoms. The maximum atomic E-state index is 12.3. The number of piperazine rings is 1. The van der Waals surface area contributed by atoms with Gasteiger partial charge in [0.15, 0.2) is 0 Å². The Labute approximate surface area is 132 Å². The molecular weight excluding hydrogens is 280 g/mol. The molecule has 5 nitrogen and oxygen atoms in total. The number of hydrogen-bond donors (Lipinski definition) is 1. The van der Waals surface area contributed by atoms with Gasteiger partial charge in [-0.2, -0.15) is 0 Å². The summed E-state index contributed by atoms with van der Waals surface area (Å²) < 4.78 is 5.49. The number of rotatable bonds is 1. The normalized spacial score (nSPS) is 22.6. The highest BCUT2D eigenvalue weighted by Gasteiger charge is 2.34. The molecule has 0 aliphatic carbocycles. The maximum Gasteiger partial charge on any atom is 0.410 e. The fourth-order valence-electron chi connectivity index (χ4n) is 2.71. The molecule has 1 N–H and O–H groups in total. The van der Waals surface area contributed by atoms with Gasteiger partial charge >= 0.3 is 6.09 Å². The van der Waals surface area contributed by atoms with Gasteiger partial charge in [0.2, 0.25) is 0 Å². The van der Waals surface area contributed by atoms with Crippen LogP contribution >= 0.6 is 0 Å². The number of phenols is 1. The maximum absolute atomic E-state index is 12.3. The van der Waals surface area contributed by atoms with Gasteiger partial charge in [-0.15, -0.1) is 0 Å². The van der Waals surface area contributed by atoms with Gasteiger partial charge < -0.3 is 19.6 Å². The molecule has 1 saturated heterocycles. The van der Waals surface area contributed by atoms with Gasteiger partial charge in [-0.3, -0.25) is 0 Å². The van der Waals surface area contributed by atoms with Crippen molar-refractivity contribution in [1.29, 1.82) is 0 Å². The number of benzene rings is 1. The smallest absolute Gasteiger partial charge is 0.410 e. The standard InChI is InChI=1S/C17H26N2O3/c1-12-11-19(16(21)22-17(3,4)5)13(2)10-18(12)14-6-8-15(20)9-7-14/h6-9,12-13,20H,10-11H2,1-5H3/t12-,13-/m0/s1. The first kappa shape index (κ1) is 16.5. The minimum Gasteiger partial charge on any atom is -0.508 e. The van der Waals surface area contributed by atoms with Crippen molar-refractivity contribution in [2.45, 2.75) is 52.3 Å². The van der Waals surface area contributed by atoms with E-state index in [1.54, 1.807) is 17.0 Å². The number of amides is 1. The predicted octanol–water partition coefficient (Wildman–Crippen LogP) is 3.23. The van der Waals surface area contributed by atoms with Crippen LogP contribution in [0.1, 0.15) is 34.6 Å². The van der Waals surface area contributed by atoms with Crippen molar-refractivity contribution in [2.75, 3.05) is 18.0 Å². The third-order valence-corrected chi connectivity index (χ3v) is 3.80. The number of aromatic hydroxyl groups is 1. The van der Waals surface area contributed by atoms with Crippen LogP contribution in [0.2, 0.25) is 0 Å². The van der Waals surface area contributed by atoms with Crippen molar-refractivity contribution in [3.8, 4) is 5.75 Å². The fraction of sp³-hybridized carbons (Fsp3) is 0.588. The molecule has 1 aromatic rings. The van der Waals surface area contributed by atoms with Gasteiger partial charge in [0.1, 0.15) is 11.4 Å². The zero-order valence-electron chi connectivity index (χ0n) is 14.0. The van der Waals surface area contributed by atoms with Crippen LogP contribution in [0.25, 0.3) is 0 Å². The van der Waals surface area contributed by atoms with E-state index in [0.29, 0.717) is 6.54 Å². The number of hydrogen-bond acceptors (Lipinski definition) is 4. The molecule has 1 fully saturated rings. The first-order valence-electron chi connectivity index (χ1n) is 7.72. The van der Waals surface area contributed by atoms with Gasteiger partial charge in [-0.25, -0.2) is 4.79 Å². The summed E-state index contributed by atoms with van der Waals surface area (Å²) in [6, 6.07) is 7.44. The number of nitrogens with zero attached hydrogens (tertiary/aromatic N) is 2. The van der Waals surface area contributed by atoms with E-state index < -0.39 is 5.60 Å². The van der Waals surface area contributed by atoms with Crippen LogP contribution in [0.3, 0.4) is 0 Å². The molecule has 122 valence electrons. The predicted molar refractivity (Wildman–Crippen MR) is 87.3 cm³/mol. The summed E-state index contributed by atoms with van der Waals surface area (Å²) in [5.41, 5.74) is 0.578. The number of carbonyl (C=O) groups excluding carboxylic acids is 1. The Bertz CT molecular complexity index is 522. The molecule has 0 saturated carbocycles. The van der Waals surface area contributed by atoms with Gasteiger partial charge in [0.05, 0.1) is 0 Å². The molecule has 0 radical (unpaired) electrons. The second-order valence-electron chi connectivity index (χ2n) is 7.00. The van der Waals surface area contributed by atoms with Crippen molar-refractivity contribution in [1.82, 2.24) is 4.90 Å². The van der Waals surface area contributed by atoms with E-state index in [4.69, 9.17) is 4.74 Å². The van der Waals surface area contributed by atoms with E-state index in [0.717, 1.165) is 12.2 Å². The Morgan fingerprint density at radius 1 is 1.14 bits per heavy atom. The average molecular weight is 306 g/mol. The zero-order valence-corrected chi connectivity index (χ0v) is 14.0. The zero-order chi connectivity index (χ0) is 16.5. The Hall–Kier alpha value is -1.91. The lowest BCUT2D eigenvalue weighted by Gasteiger charge is -2.45. The van der Waals surface area contributed by atoms with Crippen LogP contribution < -0.4 is 4.90 Å². The van der Waals surface area contributed by atoms with Gasteiger partial charge in [0.25, 0.3) is 0 Å². The third kappa shape index (κ3) is 3.84. The summed E-state index contributed by atoms with van der Waals surface area (Å²) >= 11 is 0. The highest BCUT2D eigenvalue weighted by atomic mass is 16.6.